The first kappa shape index (κ1) is 12.5. The molecule has 1 rings (SSSR count). The highest BCUT2D eigenvalue weighted by Gasteiger charge is 2.12. The smallest absolute Gasteiger partial charge is 0.242 e. The summed E-state index contributed by atoms with van der Waals surface area (Å²) in [5.41, 5.74) is 1.85. The third kappa shape index (κ3) is 3.88. The molecule has 1 heterocycles. The minimum Gasteiger partial charge on any atom is -0.374 e. The van der Waals surface area contributed by atoms with Gasteiger partial charge in [-0.2, -0.15) is 0 Å². The number of carbonyl (C=O) groups excluding carboxylic acids is 1. The van der Waals surface area contributed by atoms with Crippen molar-refractivity contribution in [2.45, 2.75) is 39.8 Å². The Morgan fingerprint density at radius 2 is 2.06 bits per heavy atom. The molecule has 0 spiro atoms. The van der Waals surface area contributed by atoms with Crippen LogP contribution in [0.2, 0.25) is 0 Å². The lowest BCUT2D eigenvalue weighted by Crippen LogP contribution is -2.40. The fraction of sp³-hybridized carbons (Fsp3) is 0.500. The number of nitrogens with zero attached hydrogens (tertiary/aromatic N) is 1. The van der Waals surface area contributed by atoms with E-state index in [1.165, 1.54) is 0 Å². The lowest BCUT2D eigenvalue weighted by atomic mass is 10.2. The van der Waals surface area contributed by atoms with E-state index in [1.807, 2.05) is 39.8 Å². The number of pyridine rings is 1. The zero-order valence-electron chi connectivity index (χ0n) is 10.2. The van der Waals surface area contributed by atoms with Crippen LogP contribution in [0, 0.1) is 6.92 Å². The molecule has 0 aromatic carbocycles. The molecule has 0 saturated heterocycles. The molecule has 0 aliphatic carbocycles. The molecule has 0 aliphatic heterocycles. The van der Waals surface area contributed by atoms with Crippen molar-refractivity contribution in [3.63, 3.8) is 0 Å². The van der Waals surface area contributed by atoms with Gasteiger partial charge in [-0.15, -0.1) is 0 Å². The van der Waals surface area contributed by atoms with Gasteiger partial charge in [-0.25, -0.2) is 0 Å². The molecule has 88 valence electrons. The van der Waals surface area contributed by atoms with Gasteiger partial charge in [-0.3, -0.25) is 9.78 Å². The van der Waals surface area contributed by atoms with Crippen molar-refractivity contribution in [2.24, 2.45) is 0 Å². The average molecular weight is 221 g/mol. The first-order valence-corrected chi connectivity index (χ1v) is 5.48. The summed E-state index contributed by atoms with van der Waals surface area (Å²) in [6, 6.07) is 3.69. The summed E-state index contributed by atoms with van der Waals surface area (Å²) < 4.78 is 0. The van der Waals surface area contributed by atoms with E-state index in [0.717, 1.165) is 11.4 Å². The van der Waals surface area contributed by atoms with E-state index in [1.54, 1.807) is 6.20 Å². The molecule has 1 amide bonds. The Morgan fingerprint density at radius 1 is 1.38 bits per heavy atom. The van der Waals surface area contributed by atoms with Crippen LogP contribution in [0.15, 0.2) is 18.3 Å². The van der Waals surface area contributed by atoms with Gasteiger partial charge in [0.2, 0.25) is 5.91 Å². The minimum atomic E-state index is -0.246. The molecule has 0 bridgehead atoms. The van der Waals surface area contributed by atoms with Crippen molar-refractivity contribution in [1.82, 2.24) is 10.3 Å². The Kier molecular flexibility index (Phi) is 4.28. The van der Waals surface area contributed by atoms with Gasteiger partial charge >= 0.3 is 0 Å². The molecular formula is C12H19N3O. The highest BCUT2D eigenvalue weighted by molar-refractivity contribution is 5.84. The SMILES string of the molecule is Cc1cc(NC(C)C(=O)NC(C)C)ccn1. The summed E-state index contributed by atoms with van der Waals surface area (Å²) in [6.45, 7) is 7.65. The zero-order valence-corrected chi connectivity index (χ0v) is 10.2. The summed E-state index contributed by atoms with van der Waals surface area (Å²) in [6.07, 6.45) is 1.73. The molecule has 4 heteroatoms. The molecule has 1 unspecified atom stereocenters. The van der Waals surface area contributed by atoms with Gasteiger partial charge in [0.05, 0.1) is 0 Å². The van der Waals surface area contributed by atoms with Crippen molar-refractivity contribution < 1.29 is 4.79 Å². The van der Waals surface area contributed by atoms with Crippen molar-refractivity contribution in [2.75, 3.05) is 5.32 Å². The Balaban J connectivity index is 2.57. The average Bonchev–Trinajstić information content (AvgIpc) is 2.16. The van der Waals surface area contributed by atoms with Crippen LogP contribution in [-0.2, 0) is 4.79 Å². The van der Waals surface area contributed by atoms with Crippen LogP contribution >= 0.6 is 0 Å². The third-order valence-electron chi connectivity index (χ3n) is 2.10. The largest absolute Gasteiger partial charge is 0.374 e. The van der Waals surface area contributed by atoms with Gasteiger partial charge in [0.25, 0.3) is 0 Å². The molecular weight excluding hydrogens is 202 g/mol. The van der Waals surface area contributed by atoms with Crippen LogP contribution in [0.3, 0.4) is 0 Å². The summed E-state index contributed by atoms with van der Waals surface area (Å²) in [5, 5.41) is 6.00. The number of rotatable bonds is 4. The van der Waals surface area contributed by atoms with Crippen molar-refractivity contribution in [1.29, 1.82) is 0 Å². The van der Waals surface area contributed by atoms with Crippen LogP contribution in [0.25, 0.3) is 0 Å². The first-order valence-electron chi connectivity index (χ1n) is 5.48. The Bertz CT molecular complexity index is 363. The number of hydrogen-bond donors (Lipinski definition) is 2. The number of aryl methyl sites for hydroxylation is 1. The molecule has 16 heavy (non-hydrogen) atoms. The number of carbonyl (C=O) groups is 1. The molecule has 1 aromatic heterocycles. The van der Waals surface area contributed by atoms with Gasteiger partial charge in [0.1, 0.15) is 6.04 Å². The predicted molar refractivity (Wildman–Crippen MR) is 65.3 cm³/mol. The van der Waals surface area contributed by atoms with E-state index < -0.39 is 0 Å². The summed E-state index contributed by atoms with van der Waals surface area (Å²) in [5.74, 6) is 0.00413. The zero-order chi connectivity index (χ0) is 12.1. The molecule has 4 nitrogen and oxygen atoms in total. The van der Waals surface area contributed by atoms with Crippen molar-refractivity contribution in [3.05, 3.63) is 24.0 Å². The number of aromatic nitrogens is 1. The van der Waals surface area contributed by atoms with E-state index >= 15 is 0 Å². The molecule has 2 N–H and O–H groups in total. The van der Waals surface area contributed by atoms with Gasteiger partial charge in [-0.05, 0) is 39.8 Å². The van der Waals surface area contributed by atoms with Crippen LogP contribution in [0.4, 0.5) is 5.69 Å². The van der Waals surface area contributed by atoms with E-state index in [2.05, 4.69) is 15.6 Å². The maximum absolute atomic E-state index is 11.7. The fourth-order valence-corrected chi connectivity index (χ4v) is 1.36. The number of amides is 1. The second-order valence-corrected chi connectivity index (χ2v) is 4.22. The Hall–Kier alpha value is -1.58. The van der Waals surface area contributed by atoms with Crippen LogP contribution in [0.1, 0.15) is 26.5 Å². The lowest BCUT2D eigenvalue weighted by Gasteiger charge is -2.17. The number of nitrogens with one attached hydrogen (secondary N) is 2. The quantitative estimate of drug-likeness (QED) is 0.814. The third-order valence-corrected chi connectivity index (χ3v) is 2.10. The maximum atomic E-state index is 11.7. The molecule has 0 aliphatic rings. The summed E-state index contributed by atoms with van der Waals surface area (Å²) in [7, 11) is 0. The normalized spacial score (nSPS) is 12.3. The molecule has 1 atom stereocenters. The topological polar surface area (TPSA) is 54.0 Å². The van der Waals surface area contributed by atoms with E-state index in [0.29, 0.717) is 0 Å². The van der Waals surface area contributed by atoms with E-state index in [-0.39, 0.29) is 18.0 Å². The van der Waals surface area contributed by atoms with Gasteiger partial charge in [-0.1, -0.05) is 0 Å². The van der Waals surface area contributed by atoms with E-state index in [4.69, 9.17) is 0 Å². The standard InChI is InChI=1S/C12H19N3O/c1-8(2)14-12(16)10(4)15-11-5-6-13-9(3)7-11/h5-8,10H,1-4H3,(H,13,15)(H,14,16). The molecule has 0 radical (unpaired) electrons. The second kappa shape index (κ2) is 5.49. The maximum Gasteiger partial charge on any atom is 0.242 e. The van der Waals surface area contributed by atoms with Gasteiger partial charge < -0.3 is 10.6 Å². The van der Waals surface area contributed by atoms with E-state index in [9.17, 15) is 4.79 Å². The highest BCUT2D eigenvalue weighted by atomic mass is 16.2. The van der Waals surface area contributed by atoms with Crippen LogP contribution < -0.4 is 10.6 Å². The monoisotopic (exact) mass is 221 g/mol. The van der Waals surface area contributed by atoms with Crippen LogP contribution in [0.5, 0.6) is 0 Å². The lowest BCUT2D eigenvalue weighted by molar-refractivity contribution is -0.122. The van der Waals surface area contributed by atoms with Crippen molar-refractivity contribution in [3.8, 4) is 0 Å². The molecule has 1 aromatic rings. The highest BCUT2D eigenvalue weighted by Crippen LogP contribution is 2.08. The Morgan fingerprint density at radius 3 is 2.62 bits per heavy atom. The van der Waals surface area contributed by atoms with Crippen molar-refractivity contribution >= 4 is 11.6 Å². The van der Waals surface area contributed by atoms with Gasteiger partial charge in [0.15, 0.2) is 0 Å². The molecule has 0 fully saturated rings. The number of anilines is 1. The van der Waals surface area contributed by atoms with Crippen LogP contribution in [-0.4, -0.2) is 23.0 Å². The molecule has 0 saturated carbocycles. The summed E-state index contributed by atoms with van der Waals surface area (Å²) in [4.78, 5) is 15.8. The summed E-state index contributed by atoms with van der Waals surface area (Å²) >= 11 is 0. The minimum absolute atomic E-state index is 0.00413. The first-order chi connectivity index (χ1) is 7.49. The van der Waals surface area contributed by atoms with Gasteiger partial charge in [0, 0.05) is 23.6 Å². The predicted octanol–water partition coefficient (Wildman–Crippen LogP) is 1.72. The Labute approximate surface area is 96.5 Å². The second-order valence-electron chi connectivity index (χ2n) is 4.22. The number of hydrogen-bond acceptors (Lipinski definition) is 3. The fourth-order valence-electron chi connectivity index (χ4n) is 1.36.